The zero-order valence-electron chi connectivity index (χ0n) is 12.1. The van der Waals surface area contributed by atoms with Crippen LogP contribution in [0.15, 0.2) is 5.38 Å². The van der Waals surface area contributed by atoms with Crippen molar-refractivity contribution in [3.05, 3.63) is 39.2 Å². The Kier molecular flexibility index (Phi) is 4.37. The minimum atomic E-state index is -1.80. The fourth-order valence-electron chi connectivity index (χ4n) is 2.11. The van der Waals surface area contributed by atoms with Crippen LogP contribution in [0.3, 0.4) is 0 Å². The lowest BCUT2D eigenvalue weighted by atomic mass is 9.94. The number of benzene rings is 1. The van der Waals surface area contributed by atoms with E-state index in [2.05, 4.69) is 4.98 Å². The van der Waals surface area contributed by atoms with Crippen molar-refractivity contribution >= 4 is 11.3 Å². The summed E-state index contributed by atoms with van der Waals surface area (Å²) in [6, 6.07) is 0. The molecule has 0 fully saturated rings. The second-order valence-electron chi connectivity index (χ2n) is 5.42. The number of thiazole rings is 1. The molecule has 0 aliphatic carbocycles. The van der Waals surface area contributed by atoms with Gasteiger partial charge in [-0.1, -0.05) is 27.7 Å². The van der Waals surface area contributed by atoms with Gasteiger partial charge in [-0.2, -0.15) is 0 Å². The van der Waals surface area contributed by atoms with Crippen LogP contribution < -0.4 is 0 Å². The Hall–Kier alpha value is -1.43. The average Bonchev–Trinajstić information content (AvgIpc) is 2.89. The van der Waals surface area contributed by atoms with Gasteiger partial charge in [0.1, 0.15) is 0 Å². The first-order valence-corrected chi connectivity index (χ1v) is 7.45. The van der Waals surface area contributed by atoms with E-state index < -0.39 is 29.2 Å². The first kappa shape index (κ1) is 15.9. The molecule has 1 aromatic heterocycles. The predicted molar refractivity (Wildman–Crippen MR) is 75.6 cm³/mol. The highest BCUT2D eigenvalue weighted by Crippen LogP contribution is 2.37. The molecule has 0 aliphatic heterocycles. The van der Waals surface area contributed by atoms with E-state index >= 15 is 0 Å². The van der Waals surface area contributed by atoms with Gasteiger partial charge >= 0.3 is 0 Å². The fourth-order valence-corrected chi connectivity index (χ4v) is 2.93. The monoisotopic (exact) mass is 317 g/mol. The van der Waals surface area contributed by atoms with Gasteiger partial charge in [0, 0.05) is 22.4 Å². The Morgan fingerprint density at radius 2 is 1.43 bits per heavy atom. The number of hydrogen-bond acceptors (Lipinski definition) is 2. The van der Waals surface area contributed by atoms with Crippen LogP contribution >= 0.6 is 11.3 Å². The summed E-state index contributed by atoms with van der Waals surface area (Å²) >= 11 is 1.28. The zero-order chi connectivity index (χ0) is 15.9. The Balaban J connectivity index is 2.77. The van der Waals surface area contributed by atoms with Crippen molar-refractivity contribution in [1.82, 2.24) is 4.98 Å². The molecule has 0 bridgehead atoms. The number of halogens is 4. The second-order valence-corrected chi connectivity index (χ2v) is 6.31. The summed E-state index contributed by atoms with van der Waals surface area (Å²) in [7, 11) is 0. The maximum absolute atomic E-state index is 14.1. The molecule has 114 valence electrons. The van der Waals surface area contributed by atoms with Crippen LogP contribution in [0.1, 0.15) is 50.1 Å². The summed E-state index contributed by atoms with van der Waals surface area (Å²) in [5.41, 5.74) is -0.334. The molecule has 1 nitrogen and oxygen atoms in total. The molecule has 0 atom stereocenters. The van der Waals surface area contributed by atoms with Crippen LogP contribution in [0.2, 0.25) is 0 Å². The van der Waals surface area contributed by atoms with E-state index in [1.54, 1.807) is 13.8 Å². The molecule has 1 heterocycles. The Labute approximate surface area is 124 Å². The molecule has 2 rings (SSSR count). The molecular formula is C15H15F4NS. The predicted octanol–water partition coefficient (Wildman–Crippen LogP) is 5.61. The highest BCUT2D eigenvalue weighted by atomic mass is 32.1. The Morgan fingerprint density at radius 1 is 0.857 bits per heavy atom. The number of hydrogen-bond donors (Lipinski definition) is 0. The van der Waals surface area contributed by atoms with Crippen LogP contribution in [0.25, 0.3) is 11.3 Å². The summed E-state index contributed by atoms with van der Waals surface area (Å²) in [5, 5.41) is 2.26. The Bertz CT molecular complexity index is 677. The third-order valence-electron chi connectivity index (χ3n) is 3.15. The maximum Gasteiger partial charge on any atom is 0.198 e. The normalized spacial score (nSPS) is 11.7. The van der Waals surface area contributed by atoms with Gasteiger partial charge in [0.2, 0.25) is 0 Å². The summed E-state index contributed by atoms with van der Waals surface area (Å²) in [4.78, 5) is 4.22. The van der Waals surface area contributed by atoms with E-state index in [4.69, 9.17) is 0 Å². The van der Waals surface area contributed by atoms with E-state index in [0.29, 0.717) is 0 Å². The molecule has 21 heavy (non-hydrogen) atoms. The van der Waals surface area contributed by atoms with Gasteiger partial charge in [0.25, 0.3) is 0 Å². The highest BCUT2D eigenvalue weighted by molar-refractivity contribution is 7.10. The highest BCUT2D eigenvalue weighted by Gasteiger charge is 2.28. The molecule has 2 aromatic rings. The first-order chi connectivity index (χ1) is 9.75. The average molecular weight is 317 g/mol. The molecule has 0 saturated heterocycles. The molecule has 0 radical (unpaired) electrons. The maximum atomic E-state index is 14.1. The molecular weight excluding hydrogens is 302 g/mol. The van der Waals surface area contributed by atoms with E-state index in [1.807, 2.05) is 13.8 Å². The van der Waals surface area contributed by atoms with Crippen molar-refractivity contribution in [1.29, 1.82) is 0 Å². The van der Waals surface area contributed by atoms with Crippen molar-refractivity contribution in [2.45, 2.75) is 39.5 Å². The summed E-state index contributed by atoms with van der Waals surface area (Å²) in [6.45, 7) is 7.01. The SMILES string of the molecule is CC(C)c1nc(-c2c(F)c(F)c(F)c(F)c2C(C)C)cs1. The Morgan fingerprint density at radius 3 is 1.90 bits per heavy atom. The van der Waals surface area contributed by atoms with Crippen molar-refractivity contribution < 1.29 is 17.6 Å². The molecule has 0 N–H and O–H groups in total. The van der Waals surface area contributed by atoms with E-state index in [9.17, 15) is 17.6 Å². The molecule has 0 spiro atoms. The number of nitrogens with zero attached hydrogens (tertiary/aromatic N) is 1. The second kappa shape index (κ2) is 5.75. The summed E-state index contributed by atoms with van der Waals surface area (Å²) in [6.07, 6.45) is 0. The van der Waals surface area contributed by atoms with Crippen molar-refractivity contribution in [2.75, 3.05) is 0 Å². The summed E-state index contributed by atoms with van der Waals surface area (Å²) in [5.74, 6) is -6.71. The quantitative estimate of drug-likeness (QED) is 0.407. The van der Waals surface area contributed by atoms with Crippen LogP contribution in [0.5, 0.6) is 0 Å². The van der Waals surface area contributed by atoms with E-state index in [1.165, 1.54) is 16.7 Å². The van der Waals surface area contributed by atoms with Crippen LogP contribution in [-0.4, -0.2) is 4.98 Å². The van der Waals surface area contributed by atoms with Crippen LogP contribution in [0.4, 0.5) is 17.6 Å². The van der Waals surface area contributed by atoms with Crippen LogP contribution in [0, 0.1) is 23.3 Å². The van der Waals surface area contributed by atoms with Crippen molar-refractivity contribution in [2.24, 2.45) is 0 Å². The van der Waals surface area contributed by atoms with Crippen LogP contribution in [-0.2, 0) is 0 Å². The molecule has 6 heteroatoms. The molecule has 1 aromatic carbocycles. The number of aromatic nitrogens is 1. The summed E-state index contributed by atoms with van der Waals surface area (Å²) < 4.78 is 55.1. The number of rotatable bonds is 3. The fraction of sp³-hybridized carbons (Fsp3) is 0.400. The van der Waals surface area contributed by atoms with E-state index in [-0.39, 0.29) is 22.7 Å². The van der Waals surface area contributed by atoms with Gasteiger partial charge in [-0.15, -0.1) is 11.3 Å². The molecule has 0 unspecified atom stereocenters. The topological polar surface area (TPSA) is 12.9 Å². The minimum Gasteiger partial charge on any atom is -0.241 e. The standard InChI is InChI=1S/C15H15F4NS/c1-6(2)9-10(8-5-21-15(20-8)7(3)4)12(17)14(19)13(18)11(9)16/h5-7H,1-4H3. The van der Waals surface area contributed by atoms with E-state index in [0.717, 1.165) is 5.01 Å². The van der Waals surface area contributed by atoms with Crippen molar-refractivity contribution in [3.8, 4) is 11.3 Å². The minimum absolute atomic E-state index is 0.115. The third kappa shape index (κ3) is 2.69. The smallest absolute Gasteiger partial charge is 0.198 e. The first-order valence-electron chi connectivity index (χ1n) is 6.57. The largest absolute Gasteiger partial charge is 0.241 e. The van der Waals surface area contributed by atoms with Gasteiger partial charge in [0.05, 0.1) is 10.7 Å². The van der Waals surface area contributed by atoms with Gasteiger partial charge in [0.15, 0.2) is 23.3 Å². The zero-order valence-corrected chi connectivity index (χ0v) is 12.9. The lowest BCUT2D eigenvalue weighted by Crippen LogP contribution is -2.07. The van der Waals surface area contributed by atoms with Gasteiger partial charge < -0.3 is 0 Å². The van der Waals surface area contributed by atoms with Gasteiger partial charge in [-0.3, -0.25) is 0 Å². The lowest BCUT2D eigenvalue weighted by Gasteiger charge is -2.15. The third-order valence-corrected chi connectivity index (χ3v) is 4.30. The van der Waals surface area contributed by atoms with Gasteiger partial charge in [-0.05, 0) is 5.92 Å². The molecule has 0 saturated carbocycles. The lowest BCUT2D eigenvalue weighted by molar-refractivity contribution is 0.403. The van der Waals surface area contributed by atoms with Crippen molar-refractivity contribution in [3.63, 3.8) is 0 Å². The molecule has 0 amide bonds. The van der Waals surface area contributed by atoms with Gasteiger partial charge in [-0.25, -0.2) is 22.5 Å². The molecule has 0 aliphatic rings.